The van der Waals surface area contributed by atoms with Crippen molar-refractivity contribution in [2.45, 2.75) is 11.0 Å². The molecule has 52 valence electrons. The second kappa shape index (κ2) is 3.78. The molecule has 1 fully saturated rings. The third kappa shape index (κ3) is 2.87. The number of carbonyl (C=O) groups excluding carboxylic acids is 1. The molecule has 1 aliphatic heterocycles. The molecule has 0 atom stereocenters. The Morgan fingerprint density at radius 3 is 2.56 bits per heavy atom. The Morgan fingerprint density at radius 2 is 2.11 bits per heavy atom. The highest BCUT2D eigenvalue weighted by atomic mass is 32.2. The third-order valence-electron chi connectivity index (χ3n) is 1.03. The van der Waals surface area contributed by atoms with Gasteiger partial charge in [-0.2, -0.15) is 0 Å². The molecule has 0 radical (unpaired) electrons. The van der Waals surface area contributed by atoms with Crippen LogP contribution in [0.5, 0.6) is 0 Å². The number of hydrogen-bond donors (Lipinski definition) is 1. The fourth-order valence-electron chi connectivity index (χ4n) is 0.668. The zero-order chi connectivity index (χ0) is 6.69. The fourth-order valence-corrected chi connectivity index (χ4v) is 3.89. The first-order valence-corrected chi connectivity index (χ1v) is 5.28. The van der Waals surface area contributed by atoms with Crippen molar-refractivity contribution >= 4 is 41.3 Å². The lowest BCUT2D eigenvalue weighted by Crippen LogP contribution is -1.97. The quantitative estimate of drug-likeness (QED) is 0.651. The van der Waals surface area contributed by atoms with Gasteiger partial charge in [-0.25, -0.2) is 0 Å². The minimum absolute atomic E-state index is 0.0156. The number of thioether (sulfide) groups is 2. The zero-order valence-corrected chi connectivity index (χ0v) is 7.40. The molecule has 4 heteroatoms. The topological polar surface area (TPSA) is 17.1 Å². The van der Waals surface area contributed by atoms with Gasteiger partial charge < -0.3 is 0 Å². The van der Waals surface area contributed by atoms with Crippen molar-refractivity contribution in [2.75, 3.05) is 11.5 Å². The van der Waals surface area contributed by atoms with Crippen LogP contribution in [0.25, 0.3) is 0 Å². The molecule has 0 spiro atoms. The molecular formula is C5H8OS3. The molecule has 0 unspecified atom stereocenters. The first-order chi connectivity index (χ1) is 4.29. The summed E-state index contributed by atoms with van der Waals surface area (Å²) in [5.74, 6) is 2.38. The van der Waals surface area contributed by atoms with Crippen molar-refractivity contribution in [1.29, 1.82) is 0 Å². The van der Waals surface area contributed by atoms with Crippen LogP contribution < -0.4 is 0 Å². The molecule has 1 saturated heterocycles. The van der Waals surface area contributed by atoms with Gasteiger partial charge in [0.15, 0.2) is 5.12 Å². The number of rotatable bonds is 2. The molecule has 1 aliphatic rings. The van der Waals surface area contributed by atoms with E-state index in [1.54, 1.807) is 0 Å². The van der Waals surface area contributed by atoms with Crippen molar-refractivity contribution in [3.8, 4) is 0 Å². The van der Waals surface area contributed by atoms with Crippen molar-refractivity contribution in [3.05, 3.63) is 0 Å². The van der Waals surface area contributed by atoms with Crippen LogP contribution in [0.2, 0.25) is 0 Å². The summed E-state index contributed by atoms with van der Waals surface area (Å²) in [6, 6.07) is 0. The average Bonchev–Trinajstić information content (AvgIpc) is 2.15. The fraction of sp³-hybridized carbons (Fsp3) is 0.800. The Bertz CT molecular complexity index is 109. The van der Waals surface area contributed by atoms with Gasteiger partial charge in [0.2, 0.25) is 0 Å². The molecule has 0 bridgehead atoms. The van der Waals surface area contributed by atoms with Crippen LogP contribution in [-0.2, 0) is 4.79 Å². The molecular weight excluding hydrogens is 172 g/mol. The predicted molar refractivity (Wildman–Crippen MR) is 47.3 cm³/mol. The zero-order valence-electron chi connectivity index (χ0n) is 4.87. The Labute approximate surface area is 68.8 Å². The number of thiol groups is 1. The number of carbonyl (C=O) groups is 1. The van der Waals surface area contributed by atoms with Gasteiger partial charge in [0.05, 0.1) is 4.58 Å². The van der Waals surface area contributed by atoms with Crippen LogP contribution in [0, 0.1) is 0 Å². The lowest BCUT2D eigenvalue weighted by Gasteiger charge is -2.01. The Hall–Kier alpha value is 0.720. The Balaban J connectivity index is 2.19. The number of hydrogen-bond acceptors (Lipinski definition) is 3. The summed E-state index contributed by atoms with van der Waals surface area (Å²) in [6.45, 7) is 0. The Kier molecular flexibility index (Phi) is 3.29. The highest BCUT2D eigenvalue weighted by molar-refractivity contribution is 8.20. The Morgan fingerprint density at radius 1 is 1.56 bits per heavy atom. The second-order valence-electron chi connectivity index (χ2n) is 1.77. The smallest absolute Gasteiger partial charge is 0.187 e. The van der Waals surface area contributed by atoms with E-state index in [-0.39, 0.29) is 5.12 Å². The summed E-state index contributed by atoms with van der Waals surface area (Å²) in [5, 5.41) is 0.0156. The first-order valence-electron chi connectivity index (χ1n) is 2.74. The summed E-state index contributed by atoms with van der Waals surface area (Å²) >= 11 is 7.44. The van der Waals surface area contributed by atoms with Crippen LogP contribution in [0.3, 0.4) is 0 Å². The SMILES string of the molecule is O=C(S)CC1SCCS1. The lowest BCUT2D eigenvalue weighted by atomic mass is 10.5. The van der Waals surface area contributed by atoms with Crippen LogP contribution >= 0.6 is 36.2 Å². The average molecular weight is 180 g/mol. The minimum Gasteiger partial charge on any atom is -0.287 e. The molecule has 0 saturated carbocycles. The van der Waals surface area contributed by atoms with Crippen molar-refractivity contribution < 1.29 is 4.79 Å². The van der Waals surface area contributed by atoms with Crippen LogP contribution in [-0.4, -0.2) is 21.2 Å². The van der Waals surface area contributed by atoms with Gasteiger partial charge in [-0.1, -0.05) is 0 Å². The summed E-state index contributed by atoms with van der Waals surface area (Å²) in [7, 11) is 0. The second-order valence-corrected chi connectivity index (χ2v) is 5.19. The molecule has 0 aromatic carbocycles. The standard InChI is InChI=1S/C5H8OS3/c6-4(7)3-5-8-1-2-9-5/h5H,1-3H2,(H,6,7). The van der Waals surface area contributed by atoms with E-state index in [2.05, 4.69) is 12.6 Å². The maximum absolute atomic E-state index is 10.4. The van der Waals surface area contributed by atoms with Crippen LogP contribution in [0.1, 0.15) is 6.42 Å². The molecule has 9 heavy (non-hydrogen) atoms. The molecule has 0 amide bonds. The highest BCUT2D eigenvalue weighted by Gasteiger charge is 2.17. The van der Waals surface area contributed by atoms with Crippen LogP contribution in [0.4, 0.5) is 0 Å². The summed E-state index contributed by atoms with van der Waals surface area (Å²) in [5.41, 5.74) is 0. The molecule has 0 N–H and O–H groups in total. The van der Waals surface area contributed by atoms with Gasteiger partial charge in [-0.05, 0) is 0 Å². The molecule has 0 aromatic heterocycles. The summed E-state index contributed by atoms with van der Waals surface area (Å²) in [4.78, 5) is 10.4. The van der Waals surface area contributed by atoms with Crippen molar-refractivity contribution in [2.24, 2.45) is 0 Å². The summed E-state index contributed by atoms with van der Waals surface area (Å²) < 4.78 is 0.495. The van der Waals surface area contributed by atoms with E-state index in [0.29, 0.717) is 11.0 Å². The van der Waals surface area contributed by atoms with Gasteiger partial charge in [-0.15, -0.1) is 36.2 Å². The first kappa shape index (κ1) is 7.82. The van der Waals surface area contributed by atoms with Gasteiger partial charge >= 0.3 is 0 Å². The van der Waals surface area contributed by atoms with Crippen molar-refractivity contribution in [1.82, 2.24) is 0 Å². The van der Waals surface area contributed by atoms with E-state index in [1.165, 1.54) is 11.5 Å². The third-order valence-corrected chi connectivity index (χ3v) is 4.25. The minimum atomic E-state index is 0.0156. The normalized spacial score (nSPS) is 20.6. The van der Waals surface area contributed by atoms with E-state index in [0.717, 1.165) is 0 Å². The van der Waals surface area contributed by atoms with Crippen molar-refractivity contribution in [3.63, 3.8) is 0 Å². The van der Waals surface area contributed by atoms with Gasteiger partial charge in [0.1, 0.15) is 0 Å². The summed E-state index contributed by atoms with van der Waals surface area (Å²) in [6.07, 6.45) is 0.623. The highest BCUT2D eigenvalue weighted by Crippen LogP contribution is 2.34. The van der Waals surface area contributed by atoms with Gasteiger partial charge in [0.25, 0.3) is 0 Å². The molecule has 0 aliphatic carbocycles. The van der Waals surface area contributed by atoms with E-state index in [4.69, 9.17) is 0 Å². The van der Waals surface area contributed by atoms with Crippen LogP contribution in [0.15, 0.2) is 0 Å². The predicted octanol–water partition coefficient (Wildman–Crippen LogP) is 1.64. The van der Waals surface area contributed by atoms with E-state index in [1.807, 2.05) is 23.5 Å². The van der Waals surface area contributed by atoms with Gasteiger partial charge in [0, 0.05) is 17.9 Å². The monoisotopic (exact) mass is 180 g/mol. The lowest BCUT2D eigenvalue weighted by molar-refractivity contribution is -0.110. The molecule has 1 heterocycles. The molecule has 1 nitrogen and oxygen atoms in total. The van der Waals surface area contributed by atoms with E-state index < -0.39 is 0 Å². The maximum Gasteiger partial charge on any atom is 0.187 e. The molecule has 1 rings (SSSR count). The maximum atomic E-state index is 10.4. The molecule has 0 aromatic rings. The van der Waals surface area contributed by atoms with E-state index >= 15 is 0 Å². The largest absolute Gasteiger partial charge is 0.287 e. The van der Waals surface area contributed by atoms with E-state index in [9.17, 15) is 4.79 Å². The van der Waals surface area contributed by atoms with Gasteiger partial charge in [-0.3, -0.25) is 4.79 Å².